The molecule has 0 aromatic carbocycles. The molecule has 0 radical (unpaired) electrons. The molecule has 0 spiro atoms. The minimum absolute atomic E-state index is 0.430. The first kappa shape index (κ1) is 55.6. The third-order valence-corrected chi connectivity index (χ3v) is 10.5. The second kappa shape index (κ2) is 26.1. The molecule has 19 atom stereocenters. The molecule has 2 N–H and O–H groups in total. The van der Waals surface area contributed by atoms with Gasteiger partial charge in [-0.25, -0.2) is 4.39 Å². The fourth-order valence-corrected chi connectivity index (χ4v) is 8.04. The Morgan fingerprint density at radius 2 is 0.971 bits per heavy atom. The number of hydrogen-bond acceptors (Lipinski definition) is 24. The number of ether oxygens (including phenoxy) is 12. The standard InChI is InChI=1S/C35H47FN16O18/c1-11(53)59-10-21-29(69-34-24(47-52-42)30(63-15(5)57)28(62-14(4)56)19(8-37)65-34)32(64-16(6)58)35(67-21)70-31-25(60-12(2)54)17(44-49-39)7-18(45-50-40)26(31)68-33-23(46-51-41)22(36)27(61-13(3)55)20(66-33)9-43-48-38/h17-35H,7-10,37H2,1-6H3. The van der Waals surface area contributed by atoms with Gasteiger partial charge in [0, 0.05) is 72.6 Å². The molecule has 34 nitrogen and oxygen atoms in total. The largest absolute Gasteiger partial charge is 0.463 e. The summed E-state index contributed by atoms with van der Waals surface area (Å²) in [5.41, 5.74) is 53.5. The molecule has 70 heavy (non-hydrogen) atoms. The molecule has 3 saturated heterocycles. The Labute approximate surface area is 393 Å². The van der Waals surface area contributed by atoms with Gasteiger partial charge in [-0.3, -0.25) is 28.8 Å². The van der Waals surface area contributed by atoms with Gasteiger partial charge in [-0.15, -0.1) is 0 Å². The third kappa shape index (κ3) is 14.3. The zero-order valence-electron chi connectivity index (χ0n) is 37.8. The van der Waals surface area contributed by atoms with Crippen LogP contribution < -0.4 is 5.73 Å². The lowest BCUT2D eigenvalue weighted by Gasteiger charge is -2.47. The van der Waals surface area contributed by atoms with E-state index in [0.29, 0.717) is 0 Å². The molecule has 3 aliphatic heterocycles. The van der Waals surface area contributed by atoms with Crippen LogP contribution in [0.1, 0.15) is 48.0 Å². The highest BCUT2D eigenvalue weighted by Crippen LogP contribution is 2.40. The normalized spacial score (nSPS) is 35.5. The van der Waals surface area contributed by atoms with Crippen molar-refractivity contribution in [2.24, 2.45) is 31.3 Å². The summed E-state index contributed by atoms with van der Waals surface area (Å²) < 4.78 is 85.8. The van der Waals surface area contributed by atoms with Crippen LogP contribution in [0.3, 0.4) is 0 Å². The van der Waals surface area contributed by atoms with E-state index >= 15 is 4.39 Å². The summed E-state index contributed by atoms with van der Waals surface area (Å²) in [6.07, 6.45) is -27.6. The highest BCUT2D eigenvalue weighted by Gasteiger charge is 2.59. The van der Waals surface area contributed by atoms with E-state index in [9.17, 15) is 50.9 Å². The van der Waals surface area contributed by atoms with Crippen LogP contribution in [0.4, 0.5) is 4.39 Å². The predicted molar refractivity (Wildman–Crippen MR) is 219 cm³/mol. The van der Waals surface area contributed by atoms with E-state index in [1.165, 1.54) is 0 Å². The number of esters is 6. The van der Waals surface area contributed by atoms with E-state index < -0.39 is 178 Å². The Morgan fingerprint density at radius 1 is 0.514 bits per heavy atom. The number of halogens is 1. The molecule has 4 rings (SSSR count). The predicted octanol–water partition coefficient (Wildman–Crippen LogP) is 2.26. The molecule has 1 aliphatic carbocycles. The minimum atomic E-state index is -2.44. The highest BCUT2D eigenvalue weighted by atomic mass is 19.1. The van der Waals surface area contributed by atoms with Gasteiger partial charge in [-0.2, -0.15) is 0 Å². The summed E-state index contributed by atoms with van der Waals surface area (Å²) in [7, 11) is 0. The van der Waals surface area contributed by atoms with Gasteiger partial charge >= 0.3 is 35.8 Å². The van der Waals surface area contributed by atoms with Crippen molar-refractivity contribution in [3.63, 3.8) is 0 Å². The molecule has 382 valence electrons. The van der Waals surface area contributed by atoms with Gasteiger partial charge in [0.05, 0.1) is 24.7 Å². The molecular formula is C35H47FN16O18. The summed E-state index contributed by atoms with van der Waals surface area (Å²) in [5, 5.41) is 18.0. The Kier molecular flexibility index (Phi) is 20.8. The van der Waals surface area contributed by atoms with Crippen molar-refractivity contribution in [1.29, 1.82) is 0 Å². The van der Waals surface area contributed by atoms with E-state index in [1.807, 2.05) is 0 Å². The number of carbonyl (C=O) groups excluding carboxylic acids is 6. The van der Waals surface area contributed by atoms with Crippen LogP contribution in [0.5, 0.6) is 0 Å². The van der Waals surface area contributed by atoms with E-state index in [0.717, 1.165) is 41.5 Å². The number of nitrogens with two attached hydrogens (primary N) is 1. The van der Waals surface area contributed by atoms with Gasteiger partial charge in [-0.1, -0.05) is 25.6 Å². The number of carbonyl (C=O) groups is 6. The van der Waals surface area contributed by atoms with Crippen molar-refractivity contribution in [3.05, 3.63) is 52.2 Å². The third-order valence-electron chi connectivity index (χ3n) is 10.5. The number of alkyl halides is 1. The molecule has 1 saturated carbocycles. The fraction of sp³-hybridized carbons (Fsp3) is 0.829. The zero-order valence-corrected chi connectivity index (χ0v) is 37.8. The molecule has 0 bridgehead atoms. The number of nitrogens with zero attached hydrogens (tertiary/aromatic N) is 15. The first-order valence-electron chi connectivity index (χ1n) is 20.8. The van der Waals surface area contributed by atoms with Crippen LogP contribution in [0, 0.1) is 0 Å². The fourth-order valence-electron chi connectivity index (χ4n) is 8.04. The van der Waals surface area contributed by atoms with Gasteiger partial charge < -0.3 is 62.6 Å². The van der Waals surface area contributed by atoms with E-state index in [-0.39, 0.29) is 0 Å². The number of rotatable bonds is 20. The Morgan fingerprint density at radius 3 is 1.51 bits per heavy atom. The van der Waals surface area contributed by atoms with Gasteiger partial charge in [0.25, 0.3) is 0 Å². The van der Waals surface area contributed by atoms with Crippen LogP contribution in [-0.2, 0) is 85.6 Å². The van der Waals surface area contributed by atoms with E-state index in [1.54, 1.807) is 0 Å². The van der Waals surface area contributed by atoms with Crippen LogP contribution in [-0.4, -0.2) is 172 Å². The lowest BCUT2D eigenvalue weighted by atomic mass is 9.83. The first-order valence-corrected chi connectivity index (χ1v) is 20.8. The maximum Gasteiger partial charge on any atom is 0.303 e. The molecule has 0 amide bonds. The summed E-state index contributed by atoms with van der Waals surface area (Å²) in [6.45, 7) is 4.04. The van der Waals surface area contributed by atoms with Crippen molar-refractivity contribution in [2.75, 3.05) is 19.7 Å². The summed E-state index contributed by atoms with van der Waals surface area (Å²) in [5.74, 6) is -5.77. The van der Waals surface area contributed by atoms with Gasteiger partial charge in [0.2, 0.25) is 0 Å². The lowest BCUT2D eigenvalue weighted by molar-refractivity contribution is -0.304. The molecule has 4 aliphatic rings. The number of hydrogen-bond donors (Lipinski definition) is 1. The molecule has 19 unspecified atom stereocenters. The zero-order chi connectivity index (χ0) is 51.8. The molecule has 4 fully saturated rings. The summed E-state index contributed by atoms with van der Waals surface area (Å²) >= 11 is 0. The minimum Gasteiger partial charge on any atom is -0.463 e. The number of azide groups is 5. The van der Waals surface area contributed by atoms with Crippen LogP contribution in [0.25, 0.3) is 52.2 Å². The molecule has 0 aromatic rings. The van der Waals surface area contributed by atoms with Crippen molar-refractivity contribution in [1.82, 2.24) is 0 Å². The maximum absolute atomic E-state index is 16.4. The van der Waals surface area contributed by atoms with E-state index in [2.05, 4.69) is 50.1 Å². The van der Waals surface area contributed by atoms with Gasteiger partial charge in [0.15, 0.2) is 49.5 Å². The Hall–Kier alpha value is -6.98. The second-order valence-corrected chi connectivity index (χ2v) is 15.4. The van der Waals surface area contributed by atoms with E-state index in [4.69, 9.17) is 68.1 Å². The lowest BCUT2D eigenvalue weighted by Crippen LogP contribution is -2.64. The van der Waals surface area contributed by atoms with Gasteiger partial charge in [-0.05, 0) is 34.1 Å². The average molecular weight is 999 g/mol. The molecular weight excluding hydrogens is 951 g/mol. The molecule has 35 heteroatoms. The second-order valence-electron chi connectivity index (χ2n) is 15.4. The monoisotopic (exact) mass is 998 g/mol. The first-order chi connectivity index (χ1) is 33.3. The Balaban J connectivity index is 1.91. The maximum atomic E-state index is 16.4. The summed E-state index contributed by atoms with van der Waals surface area (Å²) in [6, 6.07) is -6.80. The van der Waals surface area contributed by atoms with Gasteiger partial charge in [0.1, 0.15) is 55.3 Å². The Bertz CT molecular complexity index is 2190. The molecule has 3 heterocycles. The van der Waals surface area contributed by atoms with Crippen LogP contribution in [0.15, 0.2) is 25.6 Å². The van der Waals surface area contributed by atoms with Crippen molar-refractivity contribution < 1.29 is 90.0 Å². The summed E-state index contributed by atoms with van der Waals surface area (Å²) in [4.78, 5) is 88.1. The quantitative estimate of drug-likeness (QED) is 0.0601. The van der Waals surface area contributed by atoms with Crippen molar-refractivity contribution in [3.8, 4) is 0 Å². The van der Waals surface area contributed by atoms with Crippen molar-refractivity contribution >= 4 is 35.8 Å². The topological polar surface area (TPSA) is 483 Å². The van der Waals surface area contributed by atoms with Crippen molar-refractivity contribution in [2.45, 2.75) is 164 Å². The highest BCUT2D eigenvalue weighted by molar-refractivity contribution is 5.68. The SMILES string of the molecule is CC(=O)OCC1OC(OC2C(OC(C)=O)C(N=[N+]=[N-])CC(N=[N+]=[N-])C2OC2OC(CN=[N+]=[N-])C(OC(C)=O)C(F)C2N=[N+]=[N-])C(OC(C)=O)C1OC1OC(CN)C(OC(C)=O)C(OC(C)=O)C1N=[N+]=[N-]. The average Bonchev–Trinajstić information content (AvgIpc) is 3.58. The molecule has 0 aromatic heterocycles. The van der Waals surface area contributed by atoms with Crippen LogP contribution in [0.2, 0.25) is 0 Å². The smallest absolute Gasteiger partial charge is 0.303 e. The van der Waals surface area contributed by atoms with Crippen LogP contribution >= 0.6 is 0 Å².